The largest absolute Gasteiger partial charge is 0.504 e. The maximum Gasteiger partial charge on any atom is 0.338 e. The molecule has 0 bridgehead atoms. The quantitative estimate of drug-likeness (QED) is 0.198. The third-order valence-corrected chi connectivity index (χ3v) is 9.62. The minimum atomic E-state index is -3.54. The van der Waals surface area contributed by atoms with Gasteiger partial charge in [0.05, 0.1) is 46.9 Å². The maximum atomic E-state index is 13.1. The van der Waals surface area contributed by atoms with E-state index < -0.39 is 22.1 Å². The standard InChI is InChI=1S/C33H46N2O11S/c1-41-28-21-24(20-27(37)31(28)44-4)10-6-7-19-47(39,40)35-14-9-13-34(16-17-35)15-12-26(11-8-18-36)46-33(38)25-22-29(42-2)32(45-5)30(23-25)43-3/h20-23,26,36-37H,7-9,11-19H2,1-5H3. The fourth-order valence-corrected chi connectivity index (χ4v) is 6.65. The lowest BCUT2D eigenvalue weighted by atomic mass is 10.1. The Labute approximate surface area is 277 Å². The van der Waals surface area contributed by atoms with Crippen molar-refractivity contribution in [3.63, 3.8) is 0 Å². The van der Waals surface area contributed by atoms with Crippen LogP contribution in [0.3, 0.4) is 0 Å². The number of carbonyl (C=O) groups is 1. The van der Waals surface area contributed by atoms with Gasteiger partial charge in [-0.25, -0.2) is 17.5 Å². The van der Waals surface area contributed by atoms with E-state index >= 15 is 0 Å². The van der Waals surface area contributed by atoms with Crippen LogP contribution in [0.2, 0.25) is 0 Å². The van der Waals surface area contributed by atoms with E-state index in [0.717, 1.165) is 0 Å². The Bertz CT molecular complexity index is 1480. The highest BCUT2D eigenvalue weighted by Crippen LogP contribution is 2.39. The summed E-state index contributed by atoms with van der Waals surface area (Å²) in [6.07, 6.45) is 1.79. The molecular formula is C33H46N2O11S. The molecule has 260 valence electrons. The number of nitrogens with zero attached hydrogens (tertiary/aromatic N) is 2. The number of esters is 1. The third-order valence-electron chi connectivity index (χ3n) is 7.74. The minimum absolute atomic E-state index is 0.0318. The zero-order valence-corrected chi connectivity index (χ0v) is 28.6. The van der Waals surface area contributed by atoms with Gasteiger partial charge in [0.15, 0.2) is 23.0 Å². The van der Waals surface area contributed by atoms with E-state index in [9.17, 15) is 23.4 Å². The Hall–Kier alpha value is -3.90. The zero-order chi connectivity index (χ0) is 34.4. The van der Waals surface area contributed by atoms with Crippen LogP contribution in [-0.4, -0.2) is 121 Å². The second kappa shape index (κ2) is 18.4. The number of aromatic hydroxyl groups is 1. The molecule has 0 aliphatic carbocycles. The lowest BCUT2D eigenvalue weighted by Crippen LogP contribution is -2.37. The minimum Gasteiger partial charge on any atom is -0.504 e. The van der Waals surface area contributed by atoms with Crippen LogP contribution in [0, 0.1) is 11.8 Å². The van der Waals surface area contributed by atoms with Gasteiger partial charge in [-0.1, -0.05) is 11.8 Å². The smallest absolute Gasteiger partial charge is 0.338 e. The van der Waals surface area contributed by atoms with Crippen LogP contribution in [0.25, 0.3) is 0 Å². The predicted molar refractivity (Wildman–Crippen MR) is 175 cm³/mol. The van der Waals surface area contributed by atoms with E-state index in [4.69, 9.17) is 28.4 Å². The van der Waals surface area contributed by atoms with E-state index in [2.05, 4.69) is 16.7 Å². The molecule has 1 fully saturated rings. The summed E-state index contributed by atoms with van der Waals surface area (Å²) in [6.45, 7) is 2.53. The maximum absolute atomic E-state index is 13.1. The molecule has 3 rings (SSSR count). The van der Waals surface area contributed by atoms with Crippen LogP contribution in [0.1, 0.15) is 48.0 Å². The van der Waals surface area contributed by atoms with Gasteiger partial charge in [0.2, 0.25) is 21.5 Å². The first kappa shape index (κ1) is 37.6. The van der Waals surface area contributed by atoms with Gasteiger partial charge in [0.1, 0.15) is 6.10 Å². The van der Waals surface area contributed by atoms with E-state index in [1.165, 1.54) is 58.1 Å². The van der Waals surface area contributed by atoms with Crippen LogP contribution < -0.4 is 23.7 Å². The molecule has 2 N–H and O–H groups in total. The van der Waals surface area contributed by atoms with E-state index in [1.807, 2.05) is 0 Å². The van der Waals surface area contributed by atoms with Gasteiger partial charge in [0, 0.05) is 44.8 Å². The number of aliphatic hydroxyl groups excluding tert-OH is 1. The molecule has 1 aliphatic rings. The van der Waals surface area contributed by atoms with Gasteiger partial charge in [-0.3, -0.25) is 0 Å². The van der Waals surface area contributed by atoms with Crippen molar-refractivity contribution in [2.24, 2.45) is 0 Å². The molecule has 1 saturated heterocycles. The van der Waals surface area contributed by atoms with Crippen molar-refractivity contribution in [3.05, 3.63) is 35.4 Å². The monoisotopic (exact) mass is 678 g/mol. The summed E-state index contributed by atoms with van der Waals surface area (Å²) in [5.74, 6) is 6.53. The average Bonchev–Trinajstić information content (AvgIpc) is 3.33. The van der Waals surface area contributed by atoms with E-state index in [-0.39, 0.29) is 35.8 Å². The molecule has 0 saturated carbocycles. The molecule has 0 aromatic heterocycles. The molecule has 0 radical (unpaired) electrons. The van der Waals surface area contributed by atoms with Crippen molar-refractivity contribution in [2.45, 2.75) is 38.2 Å². The number of phenols is 1. The summed E-state index contributed by atoms with van der Waals surface area (Å²) >= 11 is 0. The fraction of sp³-hybridized carbons (Fsp3) is 0.545. The Kier molecular flexibility index (Phi) is 14.7. The molecule has 1 aliphatic heterocycles. The fourth-order valence-electron chi connectivity index (χ4n) is 5.27. The summed E-state index contributed by atoms with van der Waals surface area (Å²) in [5, 5.41) is 19.5. The first-order valence-electron chi connectivity index (χ1n) is 15.4. The SMILES string of the molecule is COc1cc(C#CCCS(=O)(=O)N2CCCN(CCC(CCCO)OC(=O)c3cc(OC)c(OC)c(OC)c3)CC2)cc(O)c1OC. The second-order valence-corrected chi connectivity index (χ2v) is 12.9. The van der Waals surface area contributed by atoms with Gasteiger partial charge in [-0.05, 0) is 56.5 Å². The van der Waals surface area contributed by atoms with Gasteiger partial charge in [-0.15, -0.1) is 0 Å². The van der Waals surface area contributed by atoms with Crippen molar-refractivity contribution >= 4 is 16.0 Å². The summed E-state index contributed by atoms with van der Waals surface area (Å²) in [7, 11) is 3.74. The number of ether oxygens (including phenoxy) is 6. The molecule has 0 spiro atoms. The van der Waals surface area contributed by atoms with E-state index in [1.54, 1.807) is 6.07 Å². The van der Waals surface area contributed by atoms with Gasteiger partial charge in [-0.2, -0.15) is 0 Å². The Morgan fingerprint density at radius 2 is 1.53 bits per heavy atom. The predicted octanol–water partition coefficient (Wildman–Crippen LogP) is 2.90. The second-order valence-electron chi connectivity index (χ2n) is 10.8. The first-order valence-corrected chi connectivity index (χ1v) is 17.0. The van der Waals surface area contributed by atoms with Gasteiger partial charge < -0.3 is 43.5 Å². The van der Waals surface area contributed by atoms with Crippen molar-refractivity contribution in [2.75, 3.05) is 80.6 Å². The van der Waals surface area contributed by atoms with Crippen LogP contribution in [-0.2, 0) is 14.8 Å². The number of benzene rings is 2. The number of methoxy groups -OCH3 is 5. The Morgan fingerprint density at radius 1 is 0.872 bits per heavy atom. The molecule has 13 nitrogen and oxygen atoms in total. The number of sulfonamides is 1. The number of phenolic OH excluding ortho intramolecular Hbond substituents is 1. The number of hydrogen-bond acceptors (Lipinski definition) is 12. The lowest BCUT2D eigenvalue weighted by Gasteiger charge is -2.24. The third kappa shape index (κ3) is 10.6. The highest BCUT2D eigenvalue weighted by atomic mass is 32.2. The Balaban J connectivity index is 1.56. The summed E-state index contributed by atoms with van der Waals surface area (Å²) in [5.41, 5.74) is 0.727. The summed E-state index contributed by atoms with van der Waals surface area (Å²) in [6, 6.07) is 6.12. The summed E-state index contributed by atoms with van der Waals surface area (Å²) in [4.78, 5) is 15.3. The Morgan fingerprint density at radius 3 is 2.15 bits per heavy atom. The van der Waals surface area contributed by atoms with Crippen LogP contribution in [0.15, 0.2) is 24.3 Å². The number of rotatable bonds is 16. The molecule has 47 heavy (non-hydrogen) atoms. The highest BCUT2D eigenvalue weighted by Gasteiger charge is 2.26. The number of hydrogen-bond donors (Lipinski definition) is 2. The molecule has 2 aromatic carbocycles. The van der Waals surface area contributed by atoms with E-state index in [0.29, 0.717) is 87.0 Å². The average molecular weight is 679 g/mol. The zero-order valence-electron chi connectivity index (χ0n) is 27.7. The molecule has 1 heterocycles. The molecule has 14 heteroatoms. The van der Waals surface area contributed by atoms with Crippen LogP contribution in [0.4, 0.5) is 0 Å². The molecule has 0 amide bonds. The number of carbonyl (C=O) groups excluding carboxylic acids is 1. The molecule has 1 unspecified atom stereocenters. The highest BCUT2D eigenvalue weighted by molar-refractivity contribution is 7.89. The molecule has 2 aromatic rings. The van der Waals surface area contributed by atoms with Crippen molar-refractivity contribution in [1.82, 2.24) is 9.21 Å². The first-order chi connectivity index (χ1) is 22.6. The molecule has 1 atom stereocenters. The van der Waals surface area contributed by atoms with Crippen LogP contribution in [0.5, 0.6) is 34.5 Å². The number of aliphatic hydroxyl groups is 1. The topological polar surface area (TPSA) is 154 Å². The van der Waals surface area contributed by atoms with Crippen molar-refractivity contribution in [3.8, 4) is 46.3 Å². The lowest BCUT2D eigenvalue weighted by molar-refractivity contribution is 0.0219. The van der Waals surface area contributed by atoms with Gasteiger partial charge in [0.25, 0.3) is 0 Å². The normalized spacial score (nSPS) is 14.7. The molecular weight excluding hydrogens is 632 g/mol. The van der Waals surface area contributed by atoms with Crippen molar-refractivity contribution < 1.29 is 51.8 Å². The van der Waals surface area contributed by atoms with Gasteiger partial charge >= 0.3 is 5.97 Å². The van der Waals surface area contributed by atoms with Crippen LogP contribution >= 0.6 is 0 Å². The summed E-state index contributed by atoms with van der Waals surface area (Å²) < 4.78 is 60.0. The van der Waals surface area contributed by atoms with Crippen molar-refractivity contribution in [1.29, 1.82) is 0 Å².